The van der Waals surface area contributed by atoms with Gasteiger partial charge in [0.25, 0.3) is 0 Å². The molecule has 0 aliphatic rings. The number of aliphatic hydroxyl groups excluding tert-OH is 2. The molecule has 2 N–H and O–H groups in total. The molecule has 2 aromatic rings. The minimum Gasteiger partial charge on any atom is -0.395 e. The second kappa shape index (κ2) is 5.77. The second-order valence-electron chi connectivity index (χ2n) is 3.91. The molecule has 0 atom stereocenters. The summed E-state index contributed by atoms with van der Waals surface area (Å²) in [6, 6.07) is 7.91. The molecule has 0 amide bonds. The van der Waals surface area contributed by atoms with Crippen LogP contribution in [-0.2, 0) is 6.67 Å². The summed E-state index contributed by atoms with van der Waals surface area (Å²) in [5, 5.41) is 17.9. The van der Waals surface area contributed by atoms with E-state index in [0.717, 1.165) is 11.0 Å². The van der Waals surface area contributed by atoms with Crippen molar-refractivity contribution >= 4 is 11.0 Å². The van der Waals surface area contributed by atoms with E-state index >= 15 is 0 Å². The molecule has 5 heteroatoms. The zero-order valence-electron chi connectivity index (χ0n) is 9.66. The zero-order chi connectivity index (χ0) is 12.1. The Morgan fingerprint density at radius 1 is 1.12 bits per heavy atom. The fourth-order valence-electron chi connectivity index (χ4n) is 1.87. The molecule has 0 fully saturated rings. The van der Waals surface area contributed by atoms with Gasteiger partial charge in [0.2, 0.25) is 0 Å². The number of aromatic nitrogens is 2. The molecule has 17 heavy (non-hydrogen) atoms. The lowest BCUT2D eigenvalue weighted by Crippen LogP contribution is -2.31. The number of hydrogen-bond acceptors (Lipinski definition) is 4. The van der Waals surface area contributed by atoms with Crippen LogP contribution < -0.4 is 0 Å². The topological polar surface area (TPSA) is 61.5 Å². The lowest BCUT2D eigenvalue weighted by atomic mass is 10.3. The first kappa shape index (κ1) is 12.0. The number of imidazole rings is 1. The van der Waals surface area contributed by atoms with Crippen LogP contribution in [0.4, 0.5) is 0 Å². The molecule has 5 nitrogen and oxygen atoms in total. The van der Waals surface area contributed by atoms with Crippen molar-refractivity contribution in [1.82, 2.24) is 14.5 Å². The van der Waals surface area contributed by atoms with Crippen LogP contribution in [0.5, 0.6) is 0 Å². The highest BCUT2D eigenvalue weighted by Gasteiger charge is 2.07. The van der Waals surface area contributed by atoms with Gasteiger partial charge in [-0.1, -0.05) is 12.1 Å². The van der Waals surface area contributed by atoms with E-state index in [-0.39, 0.29) is 13.2 Å². The lowest BCUT2D eigenvalue weighted by Gasteiger charge is -2.20. The summed E-state index contributed by atoms with van der Waals surface area (Å²) < 4.78 is 2.01. The predicted octanol–water partition coefficient (Wildman–Crippen LogP) is 0.280. The van der Waals surface area contributed by atoms with Crippen LogP contribution in [0.15, 0.2) is 30.6 Å². The molecule has 0 aliphatic heterocycles. The first-order valence-electron chi connectivity index (χ1n) is 5.69. The second-order valence-corrected chi connectivity index (χ2v) is 3.91. The molecule has 0 saturated carbocycles. The highest BCUT2D eigenvalue weighted by atomic mass is 16.3. The Bertz CT molecular complexity index is 463. The highest BCUT2D eigenvalue weighted by Crippen LogP contribution is 2.12. The van der Waals surface area contributed by atoms with Gasteiger partial charge in [-0.3, -0.25) is 4.90 Å². The Morgan fingerprint density at radius 2 is 1.82 bits per heavy atom. The van der Waals surface area contributed by atoms with Gasteiger partial charge in [-0.05, 0) is 12.1 Å². The Hall–Kier alpha value is -1.43. The van der Waals surface area contributed by atoms with Crippen LogP contribution in [0.25, 0.3) is 11.0 Å². The normalized spacial score (nSPS) is 11.5. The highest BCUT2D eigenvalue weighted by molar-refractivity contribution is 5.74. The van der Waals surface area contributed by atoms with Gasteiger partial charge < -0.3 is 14.8 Å². The molecule has 2 rings (SSSR count). The largest absolute Gasteiger partial charge is 0.395 e. The van der Waals surface area contributed by atoms with Crippen molar-refractivity contribution in [2.24, 2.45) is 0 Å². The monoisotopic (exact) mass is 235 g/mol. The number of aliphatic hydroxyl groups is 2. The maximum Gasteiger partial charge on any atom is 0.0969 e. The van der Waals surface area contributed by atoms with Gasteiger partial charge in [0, 0.05) is 13.1 Å². The van der Waals surface area contributed by atoms with E-state index in [4.69, 9.17) is 10.2 Å². The van der Waals surface area contributed by atoms with Gasteiger partial charge in [0.15, 0.2) is 0 Å². The van der Waals surface area contributed by atoms with Gasteiger partial charge >= 0.3 is 0 Å². The van der Waals surface area contributed by atoms with Crippen LogP contribution >= 0.6 is 0 Å². The van der Waals surface area contributed by atoms with Crippen molar-refractivity contribution in [1.29, 1.82) is 0 Å². The lowest BCUT2D eigenvalue weighted by molar-refractivity contribution is 0.135. The van der Waals surface area contributed by atoms with Crippen LogP contribution in [-0.4, -0.2) is 51.0 Å². The van der Waals surface area contributed by atoms with Crippen LogP contribution in [0.2, 0.25) is 0 Å². The molecule has 0 spiro atoms. The van der Waals surface area contributed by atoms with Crippen molar-refractivity contribution < 1.29 is 10.2 Å². The van der Waals surface area contributed by atoms with Gasteiger partial charge in [-0.15, -0.1) is 0 Å². The molecular weight excluding hydrogens is 218 g/mol. The summed E-state index contributed by atoms with van der Waals surface area (Å²) >= 11 is 0. The Morgan fingerprint density at radius 3 is 2.53 bits per heavy atom. The zero-order valence-corrected chi connectivity index (χ0v) is 9.66. The SMILES string of the molecule is OCCN(CCO)Cn1cnc2ccccc21. The van der Waals surface area contributed by atoms with Crippen molar-refractivity contribution in [3.05, 3.63) is 30.6 Å². The van der Waals surface area contributed by atoms with Gasteiger partial charge in [0.1, 0.15) is 0 Å². The van der Waals surface area contributed by atoms with E-state index in [2.05, 4.69) is 4.98 Å². The molecule has 92 valence electrons. The third-order valence-electron chi connectivity index (χ3n) is 2.71. The fourth-order valence-corrected chi connectivity index (χ4v) is 1.87. The number of nitrogens with zero attached hydrogens (tertiary/aromatic N) is 3. The third-order valence-corrected chi connectivity index (χ3v) is 2.71. The Kier molecular flexibility index (Phi) is 4.08. The van der Waals surface area contributed by atoms with E-state index in [1.807, 2.05) is 33.7 Å². The molecule has 0 aliphatic carbocycles. The smallest absolute Gasteiger partial charge is 0.0969 e. The minimum atomic E-state index is 0.0899. The van der Waals surface area contributed by atoms with Crippen molar-refractivity contribution in [3.63, 3.8) is 0 Å². The molecule has 0 saturated heterocycles. The first-order chi connectivity index (χ1) is 8.35. The molecule has 0 unspecified atom stereocenters. The van der Waals surface area contributed by atoms with Gasteiger partial charge in [0.05, 0.1) is 37.2 Å². The molecule has 1 aromatic heterocycles. The van der Waals surface area contributed by atoms with Crippen LogP contribution in [0.1, 0.15) is 0 Å². The molecule has 1 aromatic carbocycles. The number of benzene rings is 1. The summed E-state index contributed by atoms with van der Waals surface area (Å²) in [6.45, 7) is 1.90. The quantitative estimate of drug-likeness (QED) is 0.755. The maximum absolute atomic E-state index is 8.96. The summed E-state index contributed by atoms with van der Waals surface area (Å²) in [4.78, 5) is 6.28. The minimum absolute atomic E-state index is 0.0899. The average Bonchev–Trinajstić information content (AvgIpc) is 2.74. The van der Waals surface area contributed by atoms with Crippen LogP contribution in [0, 0.1) is 0 Å². The maximum atomic E-state index is 8.96. The van der Waals surface area contributed by atoms with E-state index in [1.54, 1.807) is 6.33 Å². The Labute approximate surface area is 99.9 Å². The summed E-state index contributed by atoms with van der Waals surface area (Å²) in [5.74, 6) is 0. The van der Waals surface area contributed by atoms with Crippen LogP contribution in [0.3, 0.4) is 0 Å². The Balaban J connectivity index is 2.15. The average molecular weight is 235 g/mol. The predicted molar refractivity (Wildman–Crippen MR) is 65.5 cm³/mol. The summed E-state index contributed by atoms with van der Waals surface area (Å²) in [5.41, 5.74) is 2.02. The van der Waals surface area contributed by atoms with Crippen molar-refractivity contribution in [3.8, 4) is 0 Å². The molecule has 0 radical (unpaired) electrons. The summed E-state index contributed by atoms with van der Waals surface area (Å²) in [6.07, 6.45) is 1.78. The molecule has 1 heterocycles. The van der Waals surface area contributed by atoms with Crippen molar-refractivity contribution in [2.45, 2.75) is 6.67 Å². The molecular formula is C12H17N3O2. The fraction of sp³-hybridized carbons (Fsp3) is 0.417. The third kappa shape index (κ3) is 2.82. The number of para-hydroxylation sites is 2. The van der Waals surface area contributed by atoms with Crippen molar-refractivity contribution in [2.75, 3.05) is 26.3 Å². The van der Waals surface area contributed by atoms with E-state index in [1.165, 1.54) is 0 Å². The van der Waals surface area contributed by atoms with Gasteiger partial charge in [-0.25, -0.2) is 4.98 Å². The number of rotatable bonds is 6. The number of hydrogen-bond donors (Lipinski definition) is 2. The van der Waals surface area contributed by atoms with Gasteiger partial charge in [-0.2, -0.15) is 0 Å². The van der Waals surface area contributed by atoms with E-state index in [0.29, 0.717) is 19.8 Å². The summed E-state index contributed by atoms with van der Waals surface area (Å²) in [7, 11) is 0. The van der Waals surface area contributed by atoms with E-state index < -0.39 is 0 Å². The standard InChI is InChI=1S/C12H17N3O2/c16-7-5-14(6-8-17)10-15-9-13-11-3-1-2-4-12(11)15/h1-4,9,16-17H,5-8,10H2. The van der Waals surface area contributed by atoms with E-state index in [9.17, 15) is 0 Å². The first-order valence-corrected chi connectivity index (χ1v) is 5.69. The molecule has 0 bridgehead atoms. The number of fused-ring (bicyclic) bond motifs is 1.